The van der Waals surface area contributed by atoms with Crippen LogP contribution in [-0.4, -0.2) is 46.9 Å². The minimum absolute atomic E-state index is 0.111. The second-order valence-electron chi connectivity index (χ2n) is 7.99. The summed E-state index contributed by atoms with van der Waals surface area (Å²) in [5.74, 6) is -2.29. The Bertz CT molecular complexity index is 979. The Labute approximate surface area is 180 Å². The van der Waals surface area contributed by atoms with Gasteiger partial charge in [-0.1, -0.05) is 30.3 Å². The van der Waals surface area contributed by atoms with Gasteiger partial charge in [-0.05, 0) is 43.5 Å². The maximum atomic E-state index is 13.0. The summed E-state index contributed by atoms with van der Waals surface area (Å²) in [5, 5.41) is 18.6. The standard InChI is InChI=1S/C23H26N4O4/c28-19(13-15-8-9-17-18(26-15)7-4-11-24-17)21-16(10-12-25-21)22(29)27-20(23(30)31)14-5-2-1-3-6-14/h1-3,5-6,8-9,16,20-21,24-25H,4,7,10-13H2,(H,27,29)(H,30,31)/t16?,20-,21?/m1/s1. The number of aryl methyl sites for hydroxylation is 1. The third-order valence-corrected chi connectivity index (χ3v) is 5.87. The summed E-state index contributed by atoms with van der Waals surface area (Å²) in [5.41, 5.74) is 3.16. The lowest BCUT2D eigenvalue weighted by atomic mass is 9.93. The summed E-state index contributed by atoms with van der Waals surface area (Å²) in [6, 6.07) is 10.5. The SMILES string of the molecule is O=C(N[C@@H](C(=O)O)c1ccccc1)C1CCNC1C(=O)Cc1ccc2c(n1)CCCN2. The number of hydrogen-bond donors (Lipinski definition) is 4. The van der Waals surface area contributed by atoms with Crippen LogP contribution in [0.1, 0.15) is 35.8 Å². The fraction of sp³-hybridized carbons (Fsp3) is 0.391. The molecule has 0 aliphatic carbocycles. The second-order valence-corrected chi connectivity index (χ2v) is 7.99. The number of carboxylic acids is 1. The zero-order valence-electron chi connectivity index (χ0n) is 17.1. The van der Waals surface area contributed by atoms with Gasteiger partial charge in [-0.25, -0.2) is 4.79 Å². The fourth-order valence-corrected chi connectivity index (χ4v) is 4.27. The van der Waals surface area contributed by atoms with Crippen LogP contribution in [0.25, 0.3) is 0 Å². The molecule has 8 heteroatoms. The first-order chi connectivity index (χ1) is 15.0. The quantitative estimate of drug-likeness (QED) is 0.533. The number of aliphatic carboxylic acids is 1. The van der Waals surface area contributed by atoms with Gasteiger partial charge in [-0.3, -0.25) is 14.6 Å². The molecule has 0 radical (unpaired) electrons. The first kappa shape index (κ1) is 21.0. The summed E-state index contributed by atoms with van der Waals surface area (Å²) < 4.78 is 0. The summed E-state index contributed by atoms with van der Waals surface area (Å²) in [6.07, 6.45) is 2.50. The van der Waals surface area contributed by atoms with Crippen LogP contribution in [0.4, 0.5) is 5.69 Å². The highest BCUT2D eigenvalue weighted by Crippen LogP contribution is 2.23. The highest BCUT2D eigenvalue weighted by molar-refractivity contribution is 5.94. The number of nitrogens with zero attached hydrogens (tertiary/aromatic N) is 1. The summed E-state index contributed by atoms with van der Waals surface area (Å²) >= 11 is 0. The molecule has 162 valence electrons. The van der Waals surface area contributed by atoms with Crippen LogP contribution in [0.15, 0.2) is 42.5 Å². The zero-order valence-corrected chi connectivity index (χ0v) is 17.1. The van der Waals surface area contributed by atoms with Crippen LogP contribution >= 0.6 is 0 Å². The number of carbonyl (C=O) groups excluding carboxylic acids is 2. The molecule has 1 amide bonds. The molecule has 1 fully saturated rings. The van der Waals surface area contributed by atoms with E-state index >= 15 is 0 Å². The molecule has 0 saturated carbocycles. The van der Waals surface area contributed by atoms with E-state index in [1.54, 1.807) is 30.3 Å². The number of amides is 1. The average molecular weight is 422 g/mol. The van der Waals surface area contributed by atoms with Gasteiger partial charge in [0.1, 0.15) is 0 Å². The van der Waals surface area contributed by atoms with E-state index in [0.29, 0.717) is 24.2 Å². The lowest BCUT2D eigenvalue weighted by molar-refractivity contribution is -0.143. The molecule has 31 heavy (non-hydrogen) atoms. The van der Waals surface area contributed by atoms with Crippen LogP contribution in [0, 0.1) is 5.92 Å². The molecule has 1 saturated heterocycles. The lowest BCUT2D eigenvalue weighted by Gasteiger charge is -2.22. The molecule has 3 atom stereocenters. The lowest BCUT2D eigenvalue weighted by Crippen LogP contribution is -2.45. The number of fused-ring (bicyclic) bond motifs is 1. The van der Waals surface area contributed by atoms with E-state index in [1.807, 2.05) is 12.1 Å². The number of anilines is 1. The number of rotatable bonds is 7. The van der Waals surface area contributed by atoms with Crippen molar-refractivity contribution in [2.24, 2.45) is 5.92 Å². The molecule has 8 nitrogen and oxygen atoms in total. The van der Waals surface area contributed by atoms with Gasteiger partial charge < -0.3 is 21.1 Å². The van der Waals surface area contributed by atoms with Gasteiger partial charge in [-0.2, -0.15) is 0 Å². The van der Waals surface area contributed by atoms with Crippen molar-refractivity contribution in [3.8, 4) is 0 Å². The Morgan fingerprint density at radius 3 is 2.71 bits per heavy atom. The third-order valence-electron chi connectivity index (χ3n) is 5.87. The monoisotopic (exact) mass is 422 g/mol. The van der Waals surface area contributed by atoms with Gasteiger partial charge in [0.2, 0.25) is 5.91 Å². The Kier molecular flexibility index (Phi) is 6.27. The van der Waals surface area contributed by atoms with Crippen LogP contribution in [0.3, 0.4) is 0 Å². The van der Waals surface area contributed by atoms with Crippen LogP contribution < -0.4 is 16.0 Å². The first-order valence-electron chi connectivity index (χ1n) is 10.6. The van der Waals surface area contributed by atoms with Gasteiger partial charge in [0.05, 0.1) is 29.8 Å². The van der Waals surface area contributed by atoms with E-state index in [2.05, 4.69) is 20.9 Å². The molecule has 0 bridgehead atoms. The van der Waals surface area contributed by atoms with E-state index in [0.717, 1.165) is 30.8 Å². The van der Waals surface area contributed by atoms with Crippen LogP contribution in [-0.2, 0) is 27.2 Å². The highest BCUT2D eigenvalue weighted by atomic mass is 16.4. The van der Waals surface area contributed by atoms with Gasteiger partial charge in [0, 0.05) is 12.2 Å². The summed E-state index contributed by atoms with van der Waals surface area (Å²) in [6.45, 7) is 1.45. The Hall–Kier alpha value is -3.26. The van der Waals surface area contributed by atoms with Crippen molar-refractivity contribution in [3.05, 3.63) is 59.4 Å². The predicted octanol–water partition coefficient (Wildman–Crippen LogP) is 1.47. The zero-order chi connectivity index (χ0) is 21.8. The fourth-order valence-electron chi connectivity index (χ4n) is 4.27. The molecule has 2 unspecified atom stereocenters. The van der Waals surface area contributed by atoms with E-state index in [1.165, 1.54) is 0 Å². The summed E-state index contributed by atoms with van der Waals surface area (Å²) in [4.78, 5) is 42.2. The minimum Gasteiger partial charge on any atom is -0.479 e. The van der Waals surface area contributed by atoms with E-state index in [-0.39, 0.29) is 12.2 Å². The molecule has 2 aliphatic heterocycles. The highest BCUT2D eigenvalue weighted by Gasteiger charge is 2.39. The second kappa shape index (κ2) is 9.26. The maximum absolute atomic E-state index is 13.0. The normalized spacial score (nSPS) is 20.9. The van der Waals surface area contributed by atoms with Crippen molar-refractivity contribution < 1.29 is 19.5 Å². The molecule has 1 aromatic carbocycles. The maximum Gasteiger partial charge on any atom is 0.330 e. The van der Waals surface area contributed by atoms with Gasteiger partial charge in [0.25, 0.3) is 0 Å². The number of nitrogens with one attached hydrogen (secondary N) is 3. The molecule has 2 aromatic rings. The Morgan fingerprint density at radius 1 is 1.13 bits per heavy atom. The van der Waals surface area contributed by atoms with Gasteiger partial charge in [0.15, 0.2) is 11.8 Å². The molecule has 3 heterocycles. The molecule has 4 N–H and O–H groups in total. The van der Waals surface area contributed by atoms with Crippen molar-refractivity contribution in [1.82, 2.24) is 15.6 Å². The molecule has 2 aliphatic rings. The van der Waals surface area contributed by atoms with Crippen molar-refractivity contribution in [2.75, 3.05) is 18.4 Å². The molecular formula is C23H26N4O4. The smallest absolute Gasteiger partial charge is 0.330 e. The van der Waals surface area contributed by atoms with Gasteiger partial charge in [-0.15, -0.1) is 0 Å². The molecular weight excluding hydrogens is 396 g/mol. The number of aromatic nitrogens is 1. The van der Waals surface area contributed by atoms with Crippen molar-refractivity contribution in [3.63, 3.8) is 0 Å². The molecule has 1 aromatic heterocycles. The predicted molar refractivity (Wildman–Crippen MR) is 115 cm³/mol. The number of ketones is 1. The number of Topliss-reactive ketones (excluding diaryl/α,β-unsaturated/α-hetero) is 1. The van der Waals surface area contributed by atoms with Crippen LogP contribution in [0.5, 0.6) is 0 Å². The number of hydrogen-bond acceptors (Lipinski definition) is 6. The first-order valence-corrected chi connectivity index (χ1v) is 10.6. The summed E-state index contributed by atoms with van der Waals surface area (Å²) in [7, 11) is 0. The number of carboxylic acid groups (broad SMARTS) is 1. The molecule has 4 rings (SSSR count). The molecule has 0 spiro atoms. The number of carbonyl (C=O) groups is 3. The van der Waals surface area contributed by atoms with E-state index < -0.39 is 29.9 Å². The topological polar surface area (TPSA) is 120 Å². The van der Waals surface area contributed by atoms with Crippen molar-refractivity contribution in [2.45, 2.75) is 37.8 Å². The average Bonchev–Trinajstić information content (AvgIpc) is 3.28. The minimum atomic E-state index is -1.15. The van der Waals surface area contributed by atoms with Crippen molar-refractivity contribution >= 4 is 23.3 Å². The van der Waals surface area contributed by atoms with E-state index in [4.69, 9.17) is 0 Å². The van der Waals surface area contributed by atoms with Crippen molar-refractivity contribution in [1.29, 1.82) is 0 Å². The van der Waals surface area contributed by atoms with Gasteiger partial charge >= 0.3 is 5.97 Å². The number of pyridine rings is 1. The third kappa shape index (κ3) is 4.74. The largest absolute Gasteiger partial charge is 0.479 e. The van der Waals surface area contributed by atoms with Crippen LogP contribution in [0.2, 0.25) is 0 Å². The Balaban J connectivity index is 1.43. The number of benzene rings is 1. The Morgan fingerprint density at radius 2 is 1.94 bits per heavy atom. The van der Waals surface area contributed by atoms with E-state index in [9.17, 15) is 19.5 Å².